The zero-order chi connectivity index (χ0) is 31.3. The monoisotopic (exact) mass is 660 g/mol. The van der Waals surface area contributed by atoms with Crippen LogP contribution in [-0.2, 0) is 9.59 Å². The lowest BCUT2D eigenvalue weighted by molar-refractivity contribution is -0.120. The SMILES string of the molecule is CCCCCCCCCCCCCCCCCC(=O)NSSSNC(=O)CCCCCCCCCCCCCCCCC. The lowest BCUT2D eigenvalue weighted by Crippen LogP contribution is -2.15. The summed E-state index contributed by atoms with van der Waals surface area (Å²) >= 11 is 0. The van der Waals surface area contributed by atoms with Crippen molar-refractivity contribution in [3.8, 4) is 0 Å². The molecule has 0 aromatic heterocycles. The molecule has 0 aliphatic carbocycles. The van der Waals surface area contributed by atoms with Crippen molar-refractivity contribution in [3.05, 3.63) is 0 Å². The summed E-state index contributed by atoms with van der Waals surface area (Å²) in [6.45, 7) is 4.56. The van der Waals surface area contributed by atoms with Crippen LogP contribution in [0.25, 0.3) is 0 Å². The normalized spacial score (nSPS) is 11.2. The van der Waals surface area contributed by atoms with Crippen molar-refractivity contribution in [3.63, 3.8) is 0 Å². The molecule has 256 valence electrons. The highest BCUT2D eigenvalue weighted by Gasteiger charge is 2.05. The second-order valence-electron chi connectivity index (χ2n) is 12.7. The van der Waals surface area contributed by atoms with E-state index in [1.54, 1.807) is 0 Å². The van der Waals surface area contributed by atoms with Gasteiger partial charge < -0.3 is 0 Å². The zero-order valence-electron chi connectivity index (χ0n) is 28.7. The second kappa shape index (κ2) is 38.2. The Hall–Kier alpha value is -0.0100. The Labute approximate surface area is 280 Å². The van der Waals surface area contributed by atoms with Crippen LogP contribution in [0, 0.1) is 0 Å². The van der Waals surface area contributed by atoms with E-state index in [1.165, 1.54) is 199 Å². The highest BCUT2D eigenvalue weighted by Crippen LogP contribution is 2.29. The van der Waals surface area contributed by atoms with Gasteiger partial charge in [0.25, 0.3) is 0 Å². The Morgan fingerprint density at radius 3 is 0.791 bits per heavy atom. The van der Waals surface area contributed by atoms with Crippen molar-refractivity contribution in [2.24, 2.45) is 0 Å². The molecule has 0 spiro atoms. The van der Waals surface area contributed by atoms with Crippen LogP contribution >= 0.6 is 31.8 Å². The largest absolute Gasteiger partial charge is 0.290 e. The third-order valence-electron chi connectivity index (χ3n) is 8.39. The van der Waals surface area contributed by atoms with Crippen molar-refractivity contribution >= 4 is 43.6 Å². The number of carbonyl (C=O) groups excluding carboxylic acids is 2. The quantitative estimate of drug-likeness (QED) is 0.0398. The fraction of sp³-hybridized carbons (Fsp3) is 0.944. The average molecular weight is 661 g/mol. The molecule has 0 aromatic carbocycles. The molecule has 0 unspecified atom stereocenters. The van der Waals surface area contributed by atoms with Gasteiger partial charge in [0.05, 0.1) is 0 Å². The molecule has 43 heavy (non-hydrogen) atoms. The lowest BCUT2D eigenvalue weighted by Gasteiger charge is -2.05. The van der Waals surface area contributed by atoms with Crippen molar-refractivity contribution < 1.29 is 9.59 Å². The van der Waals surface area contributed by atoms with Crippen LogP contribution in [0.4, 0.5) is 0 Å². The summed E-state index contributed by atoms with van der Waals surface area (Å²) in [4.78, 5) is 24.0. The molecular formula is C36H72N2O2S3. The standard InChI is InChI=1S/C36H72N2O2S3/c1-3-5-7-9-11-13-15-17-19-21-23-25-27-29-31-33-35(39)37-41-43-42-38-36(40)34-32-30-28-26-24-22-20-18-16-14-12-10-8-6-4-2/h3-34H2,1-2H3,(H,37,39)(H,38,40). The van der Waals surface area contributed by atoms with E-state index in [4.69, 9.17) is 0 Å². The van der Waals surface area contributed by atoms with Gasteiger partial charge in [-0.25, -0.2) is 0 Å². The van der Waals surface area contributed by atoms with E-state index in [2.05, 4.69) is 23.3 Å². The Kier molecular flexibility index (Phi) is 38.2. The molecule has 0 aliphatic heterocycles. The topological polar surface area (TPSA) is 58.2 Å². The first-order valence-corrected chi connectivity index (χ1v) is 22.3. The fourth-order valence-electron chi connectivity index (χ4n) is 5.56. The fourth-order valence-corrected chi connectivity index (χ4v) is 7.83. The molecule has 2 N–H and O–H groups in total. The minimum Gasteiger partial charge on any atom is -0.290 e. The van der Waals surface area contributed by atoms with Crippen LogP contribution in [0.15, 0.2) is 0 Å². The van der Waals surface area contributed by atoms with E-state index in [0.29, 0.717) is 12.8 Å². The zero-order valence-corrected chi connectivity index (χ0v) is 31.1. The number of nitrogens with one attached hydrogen (secondary N) is 2. The van der Waals surface area contributed by atoms with Gasteiger partial charge in [-0.2, -0.15) is 0 Å². The molecule has 0 radical (unpaired) electrons. The number of amides is 2. The first-order valence-electron chi connectivity index (χ1n) is 18.8. The van der Waals surface area contributed by atoms with Gasteiger partial charge in [0.15, 0.2) is 0 Å². The van der Waals surface area contributed by atoms with Gasteiger partial charge in [-0.3, -0.25) is 19.0 Å². The average Bonchev–Trinajstić information content (AvgIpc) is 3.00. The van der Waals surface area contributed by atoms with Gasteiger partial charge in [-0.1, -0.05) is 194 Å². The summed E-state index contributed by atoms with van der Waals surface area (Å²) in [5, 5.41) is 0. The first-order chi connectivity index (χ1) is 21.2. The molecule has 0 aliphatic rings. The van der Waals surface area contributed by atoms with E-state index in [9.17, 15) is 9.59 Å². The van der Waals surface area contributed by atoms with E-state index in [-0.39, 0.29) is 11.8 Å². The van der Waals surface area contributed by atoms with Gasteiger partial charge in [0.1, 0.15) is 0 Å². The van der Waals surface area contributed by atoms with Crippen LogP contribution in [0.5, 0.6) is 0 Å². The third-order valence-corrected chi connectivity index (χ3v) is 11.3. The number of hydrogen-bond donors (Lipinski definition) is 2. The third kappa shape index (κ3) is 38.1. The van der Waals surface area contributed by atoms with E-state index in [0.717, 1.165) is 25.7 Å². The summed E-state index contributed by atoms with van der Waals surface area (Å²) < 4.78 is 5.75. The lowest BCUT2D eigenvalue weighted by atomic mass is 10.0. The van der Waals surface area contributed by atoms with Gasteiger partial charge in [0, 0.05) is 44.6 Å². The maximum absolute atomic E-state index is 12.0. The molecular weight excluding hydrogens is 589 g/mol. The van der Waals surface area contributed by atoms with Crippen molar-refractivity contribution in [2.75, 3.05) is 0 Å². The molecule has 0 bridgehead atoms. The van der Waals surface area contributed by atoms with Crippen molar-refractivity contribution in [1.29, 1.82) is 0 Å². The van der Waals surface area contributed by atoms with Gasteiger partial charge in [-0.05, 0) is 12.8 Å². The summed E-state index contributed by atoms with van der Waals surface area (Å²) in [5.74, 6) is 0.189. The molecule has 7 heteroatoms. The summed E-state index contributed by atoms with van der Waals surface area (Å²) in [6, 6.07) is 0. The number of rotatable bonds is 36. The van der Waals surface area contributed by atoms with Gasteiger partial charge in [0.2, 0.25) is 11.8 Å². The smallest absolute Gasteiger partial charge is 0.230 e. The Morgan fingerprint density at radius 2 is 0.558 bits per heavy atom. The predicted octanol–water partition coefficient (Wildman–Crippen LogP) is 13.6. The van der Waals surface area contributed by atoms with Gasteiger partial charge in [-0.15, -0.1) is 0 Å². The molecule has 0 fully saturated rings. The molecule has 0 heterocycles. The molecule has 0 saturated carbocycles. The molecule has 0 rings (SSSR count). The molecule has 4 nitrogen and oxygen atoms in total. The molecule has 0 saturated heterocycles. The minimum atomic E-state index is 0.0944. The van der Waals surface area contributed by atoms with Crippen LogP contribution in [0.2, 0.25) is 0 Å². The molecule has 2 amide bonds. The second-order valence-corrected chi connectivity index (χ2v) is 16.2. The highest BCUT2D eigenvalue weighted by molar-refractivity contribution is 9.08. The molecule has 0 aromatic rings. The van der Waals surface area contributed by atoms with Gasteiger partial charge >= 0.3 is 0 Å². The van der Waals surface area contributed by atoms with Crippen LogP contribution in [0.3, 0.4) is 0 Å². The Balaban J connectivity index is 3.25. The molecule has 0 atom stereocenters. The highest BCUT2D eigenvalue weighted by atomic mass is 33.5. The summed E-state index contributed by atoms with van der Waals surface area (Å²) in [6.07, 6.45) is 41.3. The summed E-state index contributed by atoms with van der Waals surface area (Å²) in [7, 11) is 4.02. The number of unbranched alkanes of at least 4 members (excludes halogenated alkanes) is 28. The summed E-state index contributed by atoms with van der Waals surface area (Å²) in [5.41, 5.74) is 0. The van der Waals surface area contributed by atoms with Crippen LogP contribution in [-0.4, -0.2) is 11.8 Å². The van der Waals surface area contributed by atoms with Crippen molar-refractivity contribution in [2.45, 2.75) is 219 Å². The van der Waals surface area contributed by atoms with Crippen LogP contribution < -0.4 is 9.44 Å². The maximum atomic E-state index is 12.0. The number of hydrogen-bond acceptors (Lipinski definition) is 5. The number of carbonyl (C=O) groups is 2. The minimum absolute atomic E-state index is 0.0944. The van der Waals surface area contributed by atoms with E-state index < -0.39 is 0 Å². The first kappa shape index (κ1) is 43.0. The van der Waals surface area contributed by atoms with Crippen LogP contribution in [0.1, 0.15) is 219 Å². The van der Waals surface area contributed by atoms with E-state index in [1.807, 2.05) is 0 Å². The van der Waals surface area contributed by atoms with E-state index >= 15 is 0 Å². The Bertz CT molecular complexity index is 533. The Morgan fingerprint density at radius 1 is 0.349 bits per heavy atom. The van der Waals surface area contributed by atoms with Crippen molar-refractivity contribution in [1.82, 2.24) is 9.44 Å². The predicted molar refractivity (Wildman–Crippen MR) is 198 cm³/mol. The maximum Gasteiger partial charge on any atom is 0.230 e.